The summed E-state index contributed by atoms with van der Waals surface area (Å²) in [5.41, 5.74) is 1.67. The van der Waals surface area contributed by atoms with Gasteiger partial charge in [-0.3, -0.25) is 4.79 Å². The van der Waals surface area contributed by atoms with Crippen LogP contribution in [0, 0.1) is 13.8 Å². The summed E-state index contributed by atoms with van der Waals surface area (Å²) in [4.78, 5) is 14.2. The molecule has 90 valence electrons. The summed E-state index contributed by atoms with van der Waals surface area (Å²) >= 11 is 0. The minimum Gasteiger partial charge on any atom is -0.469 e. The third-order valence-corrected chi connectivity index (χ3v) is 2.65. The van der Waals surface area contributed by atoms with Gasteiger partial charge in [0.1, 0.15) is 5.76 Å². The number of furan rings is 1. The molecule has 16 heavy (non-hydrogen) atoms. The zero-order chi connectivity index (χ0) is 12.1. The average molecular weight is 223 g/mol. The lowest BCUT2D eigenvalue weighted by Crippen LogP contribution is -2.33. The quantitative estimate of drug-likeness (QED) is 0.768. The third kappa shape index (κ3) is 2.65. The average Bonchev–Trinajstić information content (AvgIpc) is 2.57. The molecule has 3 nitrogen and oxygen atoms in total. The molecule has 1 aromatic heterocycles. The minimum atomic E-state index is 0.104. The molecule has 1 aromatic rings. The van der Waals surface area contributed by atoms with E-state index in [-0.39, 0.29) is 5.91 Å². The van der Waals surface area contributed by atoms with E-state index in [1.165, 1.54) is 0 Å². The SMILES string of the molecule is CCCN(CCC)C(=O)c1c(C)coc1C. The summed E-state index contributed by atoms with van der Waals surface area (Å²) in [6.45, 7) is 9.57. The molecule has 1 amide bonds. The minimum absolute atomic E-state index is 0.104. The summed E-state index contributed by atoms with van der Waals surface area (Å²) in [6.07, 6.45) is 3.63. The number of carbonyl (C=O) groups is 1. The van der Waals surface area contributed by atoms with E-state index in [4.69, 9.17) is 4.42 Å². The second-order valence-corrected chi connectivity index (χ2v) is 4.14. The Hall–Kier alpha value is -1.25. The number of hydrogen-bond donors (Lipinski definition) is 0. The van der Waals surface area contributed by atoms with Crippen molar-refractivity contribution in [3.8, 4) is 0 Å². The van der Waals surface area contributed by atoms with Crippen LogP contribution in [0.3, 0.4) is 0 Å². The Morgan fingerprint density at radius 1 is 1.25 bits per heavy atom. The van der Waals surface area contributed by atoms with Gasteiger partial charge in [0.15, 0.2) is 0 Å². The van der Waals surface area contributed by atoms with Crippen LogP contribution < -0.4 is 0 Å². The van der Waals surface area contributed by atoms with Gasteiger partial charge >= 0.3 is 0 Å². The second-order valence-electron chi connectivity index (χ2n) is 4.14. The first-order chi connectivity index (χ1) is 7.61. The molecular formula is C13H21NO2. The van der Waals surface area contributed by atoms with Gasteiger partial charge in [-0.2, -0.15) is 0 Å². The van der Waals surface area contributed by atoms with Gasteiger partial charge in [0, 0.05) is 18.7 Å². The summed E-state index contributed by atoms with van der Waals surface area (Å²) < 4.78 is 5.28. The Balaban J connectivity index is 2.89. The third-order valence-electron chi connectivity index (χ3n) is 2.65. The van der Waals surface area contributed by atoms with E-state index in [0.29, 0.717) is 0 Å². The van der Waals surface area contributed by atoms with Crippen LogP contribution in [0.5, 0.6) is 0 Å². The zero-order valence-corrected chi connectivity index (χ0v) is 10.7. The van der Waals surface area contributed by atoms with Crippen molar-refractivity contribution in [3.63, 3.8) is 0 Å². The maximum absolute atomic E-state index is 12.3. The Bertz CT molecular complexity index is 329. The molecule has 0 atom stereocenters. The van der Waals surface area contributed by atoms with Crippen LogP contribution in [-0.2, 0) is 0 Å². The predicted molar refractivity (Wildman–Crippen MR) is 64.7 cm³/mol. The smallest absolute Gasteiger partial charge is 0.257 e. The van der Waals surface area contributed by atoms with Gasteiger partial charge in [-0.15, -0.1) is 0 Å². The van der Waals surface area contributed by atoms with E-state index in [0.717, 1.165) is 42.8 Å². The molecule has 0 fully saturated rings. The van der Waals surface area contributed by atoms with Crippen molar-refractivity contribution in [2.24, 2.45) is 0 Å². The predicted octanol–water partition coefficient (Wildman–Crippen LogP) is 3.16. The Morgan fingerprint density at radius 2 is 1.81 bits per heavy atom. The highest BCUT2D eigenvalue weighted by atomic mass is 16.3. The summed E-state index contributed by atoms with van der Waals surface area (Å²) in [6, 6.07) is 0. The van der Waals surface area contributed by atoms with Gasteiger partial charge in [-0.25, -0.2) is 0 Å². The van der Waals surface area contributed by atoms with E-state index in [1.807, 2.05) is 18.7 Å². The lowest BCUT2D eigenvalue weighted by atomic mass is 10.1. The van der Waals surface area contributed by atoms with Crippen molar-refractivity contribution in [1.82, 2.24) is 4.90 Å². The molecule has 1 heterocycles. The number of rotatable bonds is 5. The Kier molecular flexibility index (Phi) is 4.59. The fourth-order valence-corrected chi connectivity index (χ4v) is 1.90. The van der Waals surface area contributed by atoms with Crippen LogP contribution >= 0.6 is 0 Å². The number of hydrogen-bond acceptors (Lipinski definition) is 2. The standard InChI is InChI=1S/C13H21NO2/c1-5-7-14(8-6-2)13(15)12-10(3)9-16-11(12)4/h9H,5-8H2,1-4H3. The highest BCUT2D eigenvalue weighted by Gasteiger charge is 2.20. The molecule has 0 aromatic carbocycles. The van der Waals surface area contributed by atoms with Crippen LogP contribution in [0.25, 0.3) is 0 Å². The number of aryl methyl sites for hydroxylation is 2. The van der Waals surface area contributed by atoms with Crippen molar-refractivity contribution in [2.45, 2.75) is 40.5 Å². The molecule has 0 N–H and O–H groups in total. The first kappa shape index (κ1) is 12.8. The van der Waals surface area contributed by atoms with Crippen LogP contribution in [0.2, 0.25) is 0 Å². The van der Waals surface area contributed by atoms with E-state index < -0.39 is 0 Å². The van der Waals surface area contributed by atoms with Gasteiger partial charge in [0.2, 0.25) is 0 Å². The molecule has 0 aliphatic heterocycles. The molecular weight excluding hydrogens is 202 g/mol. The lowest BCUT2D eigenvalue weighted by Gasteiger charge is -2.21. The first-order valence-corrected chi connectivity index (χ1v) is 5.95. The molecule has 1 rings (SSSR count). The van der Waals surface area contributed by atoms with Crippen molar-refractivity contribution in [1.29, 1.82) is 0 Å². The molecule has 0 saturated carbocycles. The topological polar surface area (TPSA) is 33.5 Å². The van der Waals surface area contributed by atoms with Crippen LogP contribution in [0.4, 0.5) is 0 Å². The summed E-state index contributed by atoms with van der Waals surface area (Å²) in [7, 11) is 0. The molecule has 0 unspecified atom stereocenters. The van der Waals surface area contributed by atoms with E-state index in [9.17, 15) is 4.79 Å². The fourth-order valence-electron chi connectivity index (χ4n) is 1.90. The molecule has 0 aliphatic rings. The van der Waals surface area contributed by atoms with Crippen molar-refractivity contribution >= 4 is 5.91 Å². The first-order valence-electron chi connectivity index (χ1n) is 5.95. The van der Waals surface area contributed by atoms with Crippen molar-refractivity contribution in [3.05, 3.63) is 23.2 Å². The van der Waals surface area contributed by atoms with Crippen LogP contribution in [0.1, 0.15) is 48.4 Å². The second kappa shape index (κ2) is 5.73. The van der Waals surface area contributed by atoms with Crippen molar-refractivity contribution < 1.29 is 9.21 Å². The summed E-state index contributed by atoms with van der Waals surface area (Å²) in [5.74, 6) is 0.826. The lowest BCUT2D eigenvalue weighted by molar-refractivity contribution is 0.0753. The van der Waals surface area contributed by atoms with E-state index in [1.54, 1.807) is 6.26 Å². The monoisotopic (exact) mass is 223 g/mol. The number of nitrogens with zero attached hydrogens (tertiary/aromatic N) is 1. The summed E-state index contributed by atoms with van der Waals surface area (Å²) in [5, 5.41) is 0. The number of carbonyl (C=O) groups excluding carboxylic acids is 1. The Labute approximate surface area is 97.4 Å². The Morgan fingerprint density at radius 3 is 2.19 bits per heavy atom. The molecule has 0 spiro atoms. The molecule has 3 heteroatoms. The number of amides is 1. The maximum atomic E-state index is 12.3. The van der Waals surface area contributed by atoms with E-state index in [2.05, 4.69) is 13.8 Å². The normalized spacial score (nSPS) is 10.5. The van der Waals surface area contributed by atoms with E-state index >= 15 is 0 Å². The largest absolute Gasteiger partial charge is 0.469 e. The molecule has 0 saturated heterocycles. The van der Waals surface area contributed by atoms with Gasteiger partial charge in [0.05, 0.1) is 11.8 Å². The molecule has 0 bridgehead atoms. The van der Waals surface area contributed by atoms with Gasteiger partial charge in [0.25, 0.3) is 5.91 Å². The molecule has 0 aliphatic carbocycles. The van der Waals surface area contributed by atoms with Gasteiger partial charge < -0.3 is 9.32 Å². The zero-order valence-electron chi connectivity index (χ0n) is 10.7. The molecule has 0 radical (unpaired) electrons. The van der Waals surface area contributed by atoms with Crippen LogP contribution in [-0.4, -0.2) is 23.9 Å². The maximum Gasteiger partial charge on any atom is 0.257 e. The fraction of sp³-hybridized carbons (Fsp3) is 0.615. The highest BCUT2D eigenvalue weighted by Crippen LogP contribution is 2.18. The van der Waals surface area contributed by atoms with Gasteiger partial charge in [-0.1, -0.05) is 13.8 Å². The highest BCUT2D eigenvalue weighted by molar-refractivity contribution is 5.96. The van der Waals surface area contributed by atoms with Gasteiger partial charge in [-0.05, 0) is 26.7 Å². The van der Waals surface area contributed by atoms with Crippen molar-refractivity contribution in [2.75, 3.05) is 13.1 Å². The van der Waals surface area contributed by atoms with Crippen LogP contribution in [0.15, 0.2) is 10.7 Å².